The van der Waals surface area contributed by atoms with Crippen LogP contribution in [-0.2, 0) is 9.73 Å². The molecular formula is C12H17NO2S. The van der Waals surface area contributed by atoms with Crippen molar-refractivity contribution in [2.75, 3.05) is 18.6 Å². The third kappa shape index (κ3) is 1.94. The molecule has 1 aliphatic rings. The van der Waals surface area contributed by atoms with Gasteiger partial charge in [0, 0.05) is 11.5 Å². The molecule has 0 saturated carbocycles. The Morgan fingerprint density at radius 2 is 1.94 bits per heavy atom. The Kier molecular flexibility index (Phi) is 2.93. The van der Waals surface area contributed by atoms with Crippen molar-refractivity contribution in [3.8, 4) is 5.75 Å². The van der Waals surface area contributed by atoms with E-state index in [1.54, 1.807) is 7.11 Å². The molecule has 1 heterocycles. The van der Waals surface area contributed by atoms with Crippen molar-refractivity contribution in [1.29, 1.82) is 0 Å². The molecule has 0 unspecified atom stereocenters. The molecule has 0 amide bonds. The summed E-state index contributed by atoms with van der Waals surface area (Å²) in [5, 5.41) is 0. The summed E-state index contributed by atoms with van der Waals surface area (Å²) >= 11 is 0. The number of hydrogen-bond acceptors (Lipinski definition) is 3. The van der Waals surface area contributed by atoms with Gasteiger partial charge in [-0.2, -0.15) is 4.36 Å². The van der Waals surface area contributed by atoms with Crippen molar-refractivity contribution >= 4 is 15.4 Å². The Morgan fingerprint density at radius 3 is 2.44 bits per heavy atom. The van der Waals surface area contributed by atoms with Crippen LogP contribution in [0, 0.1) is 13.8 Å². The number of benzene rings is 1. The third-order valence-corrected chi connectivity index (χ3v) is 5.50. The van der Waals surface area contributed by atoms with Gasteiger partial charge in [-0.25, -0.2) is 4.21 Å². The molecule has 4 heteroatoms. The van der Waals surface area contributed by atoms with Gasteiger partial charge in [-0.1, -0.05) is 0 Å². The average molecular weight is 239 g/mol. The Morgan fingerprint density at radius 1 is 1.25 bits per heavy atom. The van der Waals surface area contributed by atoms with E-state index in [4.69, 9.17) is 4.74 Å². The second-order valence-corrected chi connectivity index (χ2v) is 6.71. The highest BCUT2D eigenvalue weighted by Gasteiger charge is 2.20. The highest BCUT2D eigenvalue weighted by molar-refractivity contribution is 7.95. The van der Waals surface area contributed by atoms with Gasteiger partial charge in [-0.05, 0) is 43.5 Å². The van der Waals surface area contributed by atoms with Crippen molar-refractivity contribution < 1.29 is 8.95 Å². The zero-order valence-electron chi connectivity index (χ0n) is 9.95. The fraction of sp³-hybridized carbons (Fsp3) is 0.500. The van der Waals surface area contributed by atoms with Gasteiger partial charge in [0.2, 0.25) is 0 Å². The van der Waals surface area contributed by atoms with Gasteiger partial charge in [-0.15, -0.1) is 0 Å². The molecule has 0 atom stereocenters. The Labute approximate surface area is 97.0 Å². The summed E-state index contributed by atoms with van der Waals surface area (Å²) in [6.45, 7) is 4.00. The third-order valence-electron chi connectivity index (χ3n) is 3.12. The zero-order chi connectivity index (χ0) is 11.8. The first-order chi connectivity index (χ1) is 7.56. The minimum absolute atomic E-state index is 0.748. The molecule has 0 N–H and O–H groups in total. The Hall–Kier alpha value is -1.03. The number of nitrogens with zero attached hydrogens (tertiary/aromatic N) is 1. The van der Waals surface area contributed by atoms with E-state index in [1.807, 2.05) is 26.0 Å². The lowest BCUT2D eigenvalue weighted by Gasteiger charge is -2.19. The topological polar surface area (TPSA) is 38.7 Å². The first-order valence-corrected chi connectivity index (χ1v) is 7.28. The summed E-state index contributed by atoms with van der Waals surface area (Å²) < 4.78 is 21.7. The van der Waals surface area contributed by atoms with Crippen LogP contribution in [0.2, 0.25) is 0 Å². The second kappa shape index (κ2) is 4.09. The van der Waals surface area contributed by atoms with Crippen LogP contribution in [0.25, 0.3) is 0 Å². The molecular weight excluding hydrogens is 222 g/mol. The van der Waals surface area contributed by atoms with Crippen LogP contribution in [-0.4, -0.2) is 22.8 Å². The number of methoxy groups -OCH3 is 1. The highest BCUT2D eigenvalue weighted by Crippen LogP contribution is 2.31. The molecule has 1 aromatic carbocycles. The lowest BCUT2D eigenvalue weighted by atomic mass is 10.1. The summed E-state index contributed by atoms with van der Waals surface area (Å²) in [6.07, 6.45) is 1.04. The maximum Gasteiger partial charge on any atom is 0.122 e. The second-order valence-electron chi connectivity index (χ2n) is 4.16. The lowest BCUT2D eigenvalue weighted by molar-refractivity contribution is 0.411. The molecule has 1 fully saturated rings. The van der Waals surface area contributed by atoms with E-state index in [-0.39, 0.29) is 0 Å². The summed E-state index contributed by atoms with van der Waals surface area (Å²) in [6, 6.07) is 3.79. The monoisotopic (exact) mass is 239 g/mol. The molecule has 1 aromatic rings. The predicted octanol–water partition coefficient (Wildman–Crippen LogP) is 2.82. The highest BCUT2D eigenvalue weighted by atomic mass is 32.2. The number of ether oxygens (including phenoxy) is 1. The average Bonchev–Trinajstić information content (AvgIpc) is 2.23. The molecule has 1 aliphatic heterocycles. The van der Waals surface area contributed by atoms with Crippen LogP contribution in [0.15, 0.2) is 16.5 Å². The smallest absolute Gasteiger partial charge is 0.122 e. The van der Waals surface area contributed by atoms with E-state index >= 15 is 0 Å². The molecule has 0 aromatic heterocycles. The predicted molar refractivity (Wildman–Crippen MR) is 67.0 cm³/mol. The molecule has 0 radical (unpaired) electrons. The fourth-order valence-electron chi connectivity index (χ4n) is 1.76. The summed E-state index contributed by atoms with van der Waals surface area (Å²) in [5.41, 5.74) is 2.99. The van der Waals surface area contributed by atoms with Gasteiger partial charge in [0.25, 0.3) is 0 Å². The van der Waals surface area contributed by atoms with Gasteiger partial charge in [0.15, 0.2) is 0 Å². The van der Waals surface area contributed by atoms with Gasteiger partial charge in [0.05, 0.1) is 22.5 Å². The van der Waals surface area contributed by atoms with Gasteiger partial charge in [0.1, 0.15) is 5.75 Å². The molecule has 2 rings (SSSR count). The van der Waals surface area contributed by atoms with E-state index in [0.717, 1.165) is 40.5 Å². The van der Waals surface area contributed by atoms with E-state index in [9.17, 15) is 4.21 Å². The fourth-order valence-corrected chi connectivity index (χ4v) is 3.28. The molecule has 3 nitrogen and oxygen atoms in total. The summed E-state index contributed by atoms with van der Waals surface area (Å²) in [7, 11) is -0.259. The minimum atomic E-state index is -1.92. The minimum Gasteiger partial charge on any atom is -0.496 e. The number of hydrogen-bond donors (Lipinski definition) is 0. The largest absolute Gasteiger partial charge is 0.496 e. The van der Waals surface area contributed by atoms with Crippen LogP contribution >= 0.6 is 0 Å². The van der Waals surface area contributed by atoms with Crippen molar-refractivity contribution in [2.24, 2.45) is 4.36 Å². The van der Waals surface area contributed by atoms with Crippen LogP contribution in [0.4, 0.5) is 5.69 Å². The lowest BCUT2D eigenvalue weighted by Crippen LogP contribution is -2.23. The van der Waals surface area contributed by atoms with E-state index < -0.39 is 9.73 Å². The molecule has 16 heavy (non-hydrogen) atoms. The molecule has 1 saturated heterocycles. The quantitative estimate of drug-likeness (QED) is 0.796. The first-order valence-electron chi connectivity index (χ1n) is 5.42. The van der Waals surface area contributed by atoms with Crippen molar-refractivity contribution in [3.05, 3.63) is 23.3 Å². The maximum atomic E-state index is 12.0. The normalized spacial score (nSPS) is 17.7. The van der Waals surface area contributed by atoms with Gasteiger partial charge >= 0.3 is 0 Å². The molecule has 0 bridgehead atoms. The van der Waals surface area contributed by atoms with Crippen molar-refractivity contribution in [3.63, 3.8) is 0 Å². The zero-order valence-corrected chi connectivity index (χ0v) is 10.8. The van der Waals surface area contributed by atoms with Crippen LogP contribution in [0.1, 0.15) is 17.5 Å². The summed E-state index contributed by atoms with van der Waals surface area (Å²) in [5.74, 6) is 2.36. The SMILES string of the molecule is COc1ccc(N=S2(=O)CCC2)c(C)c1C. The van der Waals surface area contributed by atoms with Gasteiger partial charge < -0.3 is 4.74 Å². The van der Waals surface area contributed by atoms with Crippen molar-refractivity contribution in [1.82, 2.24) is 0 Å². The summed E-state index contributed by atoms with van der Waals surface area (Å²) in [4.78, 5) is 0. The van der Waals surface area contributed by atoms with Gasteiger partial charge in [-0.3, -0.25) is 0 Å². The first kappa shape index (κ1) is 11.5. The molecule has 0 spiro atoms. The molecule has 88 valence electrons. The van der Waals surface area contributed by atoms with Crippen LogP contribution in [0.5, 0.6) is 5.75 Å². The Bertz CT molecular complexity index is 518. The van der Waals surface area contributed by atoms with Crippen molar-refractivity contribution in [2.45, 2.75) is 20.3 Å². The molecule has 0 aliphatic carbocycles. The Balaban J connectivity index is 2.48. The maximum absolute atomic E-state index is 12.0. The van der Waals surface area contributed by atoms with Crippen LogP contribution in [0.3, 0.4) is 0 Å². The van der Waals surface area contributed by atoms with E-state index in [2.05, 4.69) is 4.36 Å². The van der Waals surface area contributed by atoms with E-state index in [1.165, 1.54) is 0 Å². The van der Waals surface area contributed by atoms with E-state index in [0.29, 0.717) is 0 Å². The standard InChI is InChI=1S/C12H17NO2S/c1-9-10(2)12(15-3)6-5-11(9)13-16(14)7-4-8-16/h5-6H,4,7-8H2,1-3H3. The number of rotatable bonds is 2. The van der Waals surface area contributed by atoms with Crippen LogP contribution < -0.4 is 4.74 Å².